The fraction of sp³-hybridized carbons (Fsp3) is 0.333. The lowest BCUT2D eigenvalue weighted by atomic mass is 10.2. The van der Waals surface area contributed by atoms with Crippen molar-refractivity contribution >= 4 is 41.1 Å². The van der Waals surface area contributed by atoms with Crippen molar-refractivity contribution in [3.8, 4) is 5.75 Å². The summed E-state index contributed by atoms with van der Waals surface area (Å²) in [4.78, 5) is 28.6. The van der Waals surface area contributed by atoms with Gasteiger partial charge in [0.2, 0.25) is 0 Å². The first kappa shape index (κ1) is 26.7. The summed E-state index contributed by atoms with van der Waals surface area (Å²) in [6, 6.07) is 6.55. The Bertz CT molecular complexity index is 1300. The minimum absolute atomic E-state index is 0.201. The molecule has 194 valence electrons. The van der Waals surface area contributed by atoms with Crippen molar-refractivity contribution < 1.29 is 14.3 Å². The second kappa shape index (κ2) is 12.3. The molecular weight excluding hydrogens is 513 g/mol. The zero-order valence-electron chi connectivity index (χ0n) is 20.7. The molecule has 1 saturated carbocycles. The first-order chi connectivity index (χ1) is 17.8. The van der Waals surface area contributed by atoms with Gasteiger partial charge in [-0.3, -0.25) is 19.3 Å². The number of carbonyl (C=O) groups excluding carboxylic acids is 2. The second-order valence-electron chi connectivity index (χ2n) is 8.99. The Kier molecular flexibility index (Phi) is 8.84. The molecule has 3 aromatic rings. The molecule has 0 bridgehead atoms. The van der Waals surface area contributed by atoms with Crippen LogP contribution in [0.3, 0.4) is 0 Å². The average molecular weight is 542 g/mol. The molecule has 2 heterocycles. The highest BCUT2D eigenvalue weighted by Crippen LogP contribution is 2.37. The summed E-state index contributed by atoms with van der Waals surface area (Å²) in [6.07, 6.45) is 11.2. The van der Waals surface area contributed by atoms with E-state index in [2.05, 4.69) is 20.7 Å². The van der Waals surface area contributed by atoms with E-state index in [-0.39, 0.29) is 23.6 Å². The van der Waals surface area contributed by atoms with Crippen LogP contribution in [0, 0.1) is 5.92 Å². The molecule has 1 fully saturated rings. The van der Waals surface area contributed by atoms with Crippen molar-refractivity contribution in [3.63, 3.8) is 0 Å². The molecule has 0 saturated heterocycles. The number of hydrogen-bond donors (Lipinski definition) is 2. The Balaban J connectivity index is 1.33. The van der Waals surface area contributed by atoms with E-state index in [1.165, 1.54) is 25.1 Å². The third-order valence-corrected chi connectivity index (χ3v) is 6.72. The fourth-order valence-electron chi connectivity index (χ4n) is 3.56. The Morgan fingerprint density at radius 1 is 1.22 bits per heavy atom. The van der Waals surface area contributed by atoms with Gasteiger partial charge >= 0.3 is 0 Å². The number of hydrogen-bond acceptors (Lipinski definition) is 5. The highest BCUT2D eigenvalue weighted by Gasteiger charge is 2.23. The topological polar surface area (TPSA) is 98.1 Å². The minimum atomic E-state index is -0.316. The molecule has 1 aliphatic carbocycles. The van der Waals surface area contributed by atoms with Gasteiger partial charge in [-0.15, -0.1) is 0 Å². The first-order valence-electron chi connectivity index (χ1n) is 12.2. The van der Waals surface area contributed by atoms with Gasteiger partial charge in [-0.1, -0.05) is 41.4 Å². The molecule has 2 aromatic heterocycles. The van der Waals surface area contributed by atoms with Gasteiger partial charge in [-0.25, -0.2) is 0 Å². The molecule has 0 unspecified atom stereocenters. The standard InChI is InChI=1S/C27H29Cl2N5O3/c1-3-30-27(36)22-12-20(10-11-31-22)26(35)33-17(2)4-5-19-13-32-34(14-19)15-21-8-9-23(25(29)24(21)28)37-16-18-6-7-18/h4-5,8-14,17-18H,3,6-7,15-16H2,1-2H3,(H,30,36)(H,33,35)/t17-/m0/s1. The number of nitrogens with zero attached hydrogens (tertiary/aromatic N) is 3. The van der Waals surface area contributed by atoms with Crippen molar-refractivity contribution in [1.29, 1.82) is 0 Å². The van der Waals surface area contributed by atoms with E-state index in [0.717, 1.165) is 11.1 Å². The van der Waals surface area contributed by atoms with Gasteiger partial charge in [0.25, 0.3) is 11.8 Å². The lowest BCUT2D eigenvalue weighted by molar-refractivity contribution is 0.0947. The van der Waals surface area contributed by atoms with Crippen LogP contribution >= 0.6 is 23.2 Å². The van der Waals surface area contributed by atoms with Crippen LogP contribution in [-0.4, -0.2) is 45.8 Å². The van der Waals surface area contributed by atoms with E-state index in [9.17, 15) is 9.59 Å². The number of aromatic nitrogens is 3. The number of amides is 2. The number of benzene rings is 1. The molecule has 37 heavy (non-hydrogen) atoms. The largest absolute Gasteiger partial charge is 0.492 e. The molecule has 0 aliphatic heterocycles. The van der Waals surface area contributed by atoms with Gasteiger partial charge in [-0.05, 0) is 56.4 Å². The Morgan fingerprint density at radius 3 is 2.78 bits per heavy atom. The fourth-order valence-corrected chi connectivity index (χ4v) is 4.02. The molecule has 1 aromatic carbocycles. The minimum Gasteiger partial charge on any atom is -0.492 e. The van der Waals surface area contributed by atoms with Gasteiger partial charge in [0.15, 0.2) is 0 Å². The zero-order chi connectivity index (χ0) is 26.4. The smallest absolute Gasteiger partial charge is 0.269 e. The zero-order valence-corrected chi connectivity index (χ0v) is 22.2. The molecule has 2 amide bonds. The third kappa shape index (κ3) is 7.33. The number of carbonyl (C=O) groups is 2. The van der Waals surface area contributed by atoms with Crippen molar-refractivity contribution in [2.75, 3.05) is 13.2 Å². The molecule has 10 heteroatoms. The molecule has 0 spiro atoms. The van der Waals surface area contributed by atoms with Crippen LogP contribution in [0.1, 0.15) is 58.7 Å². The van der Waals surface area contributed by atoms with E-state index >= 15 is 0 Å². The van der Waals surface area contributed by atoms with Crippen molar-refractivity contribution in [2.24, 2.45) is 5.92 Å². The van der Waals surface area contributed by atoms with Crippen LogP contribution in [0.5, 0.6) is 5.75 Å². The van der Waals surface area contributed by atoms with Crippen LogP contribution in [-0.2, 0) is 6.54 Å². The van der Waals surface area contributed by atoms with E-state index in [1.54, 1.807) is 16.9 Å². The Labute approximate surface area is 226 Å². The summed E-state index contributed by atoms with van der Waals surface area (Å²) in [5, 5.41) is 10.9. The SMILES string of the molecule is CCNC(=O)c1cc(C(=O)N[C@@H](C)C=Cc2cnn(Cc3ccc(OCC4CC4)c(Cl)c3Cl)c2)ccn1. The third-order valence-electron chi connectivity index (χ3n) is 5.81. The maximum absolute atomic E-state index is 12.6. The summed E-state index contributed by atoms with van der Waals surface area (Å²) in [6.45, 7) is 5.29. The van der Waals surface area contributed by atoms with Crippen molar-refractivity contribution in [3.05, 3.63) is 81.4 Å². The maximum atomic E-state index is 12.6. The lowest BCUT2D eigenvalue weighted by Crippen LogP contribution is -2.31. The summed E-state index contributed by atoms with van der Waals surface area (Å²) in [5.41, 5.74) is 2.28. The lowest BCUT2D eigenvalue weighted by Gasteiger charge is -2.12. The van der Waals surface area contributed by atoms with E-state index in [1.807, 2.05) is 44.3 Å². The highest BCUT2D eigenvalue weighted by atomic mass is 35.5. The normalized spacial score (nSPS) is 13.9. The van der Waals surface area contributed by atoms with Gasteiger partial charge in [0.05, 0.1) is 24.4 Å². The molecular formula is C27H29Cl2N5O3. The van der Waals surface area contributed by atoms with Gasteiger partial charge in [0, 0.05) is 36.1 Å². The molecule has 0 radical (unpaired) electrons. The van der Waals surface area contributed by atoms with E-state index < -0.39 is 0 Å². The number of halogens is 2. The number of nitrogens with one attached hydrogen (secondary N) is 2. The highest BCUT2D eigenvalue weighted by molar-refractivity contribution is 6.43. The number of rotatable bonds is 11. The maximum Gasteiger partial charge on any atom is 0.269 e. The summed E-state index contributed by atoms with van der Waals surface area (Å²) in [5.74, 6) is 0.624. The first-order valence-corrected chi connectivity index (χ1v) is 12.9. The van der Waals surface area contributed by atoms with Crippen LogP contribution in [0.25, 0.3) is 6.08 Å². The summed E-state index contributed by atoms with van der Waals surface area (Å²) < 4.78 is 7.56. The van der Waals surface area contributed by atoms with Crippen LogP contribution in [0.2, 0.25) is 10.0 Å². The monoisotopic (exact) mass is 541 g/mol. The predicted octanol–water partition coefficient (Wildman–Crippen LogP) is 5.00. The Hall–Kier alpha value is -3.36. The quantitative estimate of drug-likeness (QED) is 0.355. The molecule has 8 nitrogen and oxygen atoms in total. The van der Waals surface area contributed by atoms with Gasteiger partial charge in [0.1, 0.15) is 16.5 Å². The van der Waals surface area contributed by atoms with E-state index in [4.69, 9.17) is 27.9 Å². The number of pyridine rings is 1. The van der Waals surface area contributed by atoms with Crippen LogP contribution < -0.4 is 15.4 Å². The predicted molar refractivity (Wildman–Crippen MR) is 144 cm³/mol. The molecule has 1 atom stereocenters. The average Bonchev–Trinajstić information content (AvgIpc) is 3.62. The molecule has 4 rings (SSSR count). The molecule has 1 aliphatic rings. The van der Waals surface area contributed by atoms with Crippen molar-refractivity contribution in [1.82, 2.24) is 25.4 Å². The summed E-state index contributed by atoms with van der Waals surface area (Å²) >= 11 is 12.9. The Morgan fingerprint density at radius 2 is 2.03 bits per heavy atom. The number of ether oxygens (including phenoxy) is 1. The van der Waals surface area contributed by atoms with Crippen LogP contribution in [0.4, 0.5) is 0 Å². The summed E-state index contributed by atoms with van der Waals surface area (Å²) in [7, 11) is 0. The van der Waals surface area contributed by atoms with Gasteiger partial charge < -0.3 is 15.4 Å². The van der Waals surface area contributed by atoms with Crippen molar-refractivity contribution in [2.45, 2.75) is 39.3 Å². The second-order valence-corrected chi connectivity index (χ2v) is 9.74. The van der Waals surface area contributed by atoms with Gasteiger partial charge in [-0.2, -0.15) is 5.10 Å². The molecule has 2 N–H and O–H groups in total. The van der Waals surface area contributed by atoms with Crippen LogP contribution in [0.15, 0.2) is 48.9 Å². The van der Waals surface area contributed by atoms with E-state index in [0.29, 0.717) is 47.0 Å².